The van der Waals surface area contributed by atoms with Gasteiger partial charge in [0.1, 0.15) is 0 Å². The highest BCUT2D eigenvalue weighted by molar-refractivity contribution is 6.31. The van der Waals surface area contributed by atoms with Gasteiger partial charge in [-0.25, -0.2) is 0 Å². The standard InChI is InChI=1S/C12H14ClNO/c1-8-4-6-11(7-5-8)14-12(15)9(2)10(3)13/h4-7,9H,3H2,1-2H3,(H,14,15). The number of nitrogens with one attached hydrogen (secondary N) is 1. The van der Waals surface area contributed by atoms with Gasteiger partial charge in [-0.3, -0.25) is 4.79 Å². The maximum atomic E-state index is 11.6. The Kier molecular flexibility index (Phi) is 3.92. The van der Waals surface area contributed by atoms with Crippen molar-refractivity contribution in [3.8, 4) is 0 Å². The number of hydrogen-bond acceptors (Lipinski definition) is 1. The van der Waals surface area contributed by atoms with Crippen LogP contribution in [0.2, 0.25) is 0 Å². The molecule has 0 bridgehead atoms. The van der Waals surface area contributed by atoms with E-state index in [0.717, 1.165) is 11.3 Å². The van der Waals surface area contributed by atoms with E-state index in [4.69, 9.17) is 11.6 Å². The molecule has 1 unspecified atom stereocenters. The van der Waals surface area contributed by atoms with Crippen molar-refractivity contribution in [2.75, 3.05) is 5.32 Å². The number of hydrogen-bond donors (Lipinski definition) is 1. The van der Waals surface area contributed by atoms with Crippen LogP contribution in [-0.4, -0.2) is 5.91 Å². The van der Waals surface area contributed by atoms with Gasteiger partial charge in [-0.2, -0.15) is 0 Å². The summed E-state index contributed by atoms with van der Waals surface area (Å²) in [5.41, 5.74) is 1.93. The Bertz CT molecular complexity index is 370. The molecule has 0 aliphatic carbocycles. The molecule has 15 heavy (non-hydrogen) atoms. The summed E-state index contributed by atoms with van der Waals surface area (Å²) in [6.07, 6.45) is 0. The van der Waals surface area contributed by atoms with E-state index in [0.29, 0.717) is 5.03 Å². The average molecular weight is 224 g/mol. The topological polar surface area (TPSA) is 29.1 Å². The molecule has 3 heteroatoms. The molecular weight excluding hydrogens is 210 g/mol. The first-order valence-electron chi connectivity index (χ1n) is 4.72. The van der Waals surface area contributed by atoms with Crippen LogP contribution in [-0.2, 0) is 4.79 Å². The summed E-state index contributed by atoms with van der Waals surface area (Å²) in [5.74, 6) is -0.521. The van der Waals surface area contributed by atoms with E-state index in [1.807, 2.05) is 31.2 Å². The second kappa shape index (κ2) is 4.99. The minimum absolute atomic E-state index is 0.140. The van der Waals surface area contributed by atoms with Crippen LogP contribution in [0.1, 0.15) is 12.5 Å². The number of aryl methyl sites for hydroxylation is 1. The van der Waals surface area contributed by atoms with E-state index in [2.05, 4.69) is 11.9 Å². The molecule has 1 rings (SSSR count). The Balaban J connectivity index is 2.66. The van der Waals surface area contributed by atoms with Gasteiger partial charge in [0.15, 0.2) is 0 Å². The van der Waals surface area contributed by atoms with Gasteiger partial charge in [0.25, 0.3) is 0 Å². The van der Waals surface area contributed by atoms with Gasteiger partial charge in [0, 0.05) is 10.7 Å². The normalized spacial score (nSPS) is 11.9. The number of amides is 1. The zero-order chi connectivity index (χ0) is 11.4. The number of carbonyl (C=O) groups excluding carboxylic acids is 1. The van der Waals surface area contributed by atoms with Crippen LogP contribution in [0, 0.1) is 12.8 Å². The third-order valence-corrected chi connectivity index (χ3v) is 2.51. The van der Waals surface area contributed by atoms with E-state index in [-0.39, 0.29) is 11.8 Å². The van der Waals surface area contributed by atoms with Gasteiger partial charge in [0.05, 0.1) is 5.92 Å². The van der Waals surface area contributed by atoms with Gasteiger partial charge in [0.2, 0.25) is 5.91 Å². The lowest BCUT2D eigenvalue weighted by Crippen LogP contribution is -2.20. The van der Waals surface area contributed by atoms with Crippen molar-refractivity contribution in [1.82, 2.24) is 0 Å². The van der Waals surface area contributed by atoms with Crippen LogP contribution in [0.3, 0.4) is 0 Å². The Hall–Kier alpha value is -1.28. The number of benzene rings is 1. The summed E-state index contributed by atoms with van der Waals surface area (Å²) in [6.45, 7) is 7.25. The highest BCUT2D eigenvalue weighted by Crippen LogP contribution is 2.16. The number of anilines is 1. The fraction of sp³-hybridized carbons (Fsp3) is 0.250. The van der Waals surface area contributed by atoms with E-state index in [1.165, 1.54) is 0 Å². The summed E-state index contributed by atoms with van der Waals surface area (Å²) in [5, 5.41) is 3.11. The van der Waals surface area contributed by atoms with Crippen LogP contribution >= 0.6 is 11.6 Å². The highest BCUT2D eigenvalue weighted by atomic mass is 35.5. The van der Waals surface area contributed by atoms with Crippen LogP contribution in [0.25, 0.3) is 0 Å². The SMILES string of the molecule is C=C(Cl)C(C)C(=O)Nc1ccc(C)cc1. The molecule has 1 aromatic carbocycles. The minimum atomic E-state index is -0.382. The monoisotopic (exact) mass is 223 g/mol. The Labute approximate surface area is 94.9 Å². The first-order valence-corrected chi connectivity index (χ1v) is 5.10. The van der Waals surface area contributed by atoms with Crippen molar-refractivity contribution >= 4 is 23.2 Å². The molecule has 2 nitrogen and oxygen atoms in total. The molecule has 0 heterocycles. The molecule has 1 amide bonds. The molecule has 0 fully saturated rings. The van der Waals surface area contributed by atoms with Gasteiger partial charge < -0.3 is 5.32 Å². The number of carbonyl (C=O) groups is 1. The molecule has 0 aliphatic heterocycles. The van der Waals surface area contributed by atoms with Crippen molar-refractivity contribution in [1.29, 1.82) is 0 Å². The third-order valence-electron chi connectivity index (χ3n) is 2.18. The Morgan fingerprint density at radius 1 is 1.40 bits per heavy atom. The van der Waals surface area contributed by atoms with Gasteiger partial charge in [-0.15, -0.1) is 0 Å². The van der Waals surface area contributed by atoms with Crippen molar-refractivity contribution in [3.63, 3.8) is 0 Å². The summed E-state index contributed by atoms with van der Waals surface area (Å²) in [4.78, 5) is 11.6. The number of rotatable bonds is 3. The molecule has 0 saturated carbocycles. The first-order chi connectivity index (χ1) is 7.00. The van der Waals surface area contributed by atoms with Crippen LogP contribution in [0.15, 0.2) is 35.9 Å². The first kappa shape index (κ1) is 11.8. The average Bonchev–Trinajstić information content (AvgIpc) is 2.20. The molecule has 1 atom stereocenters. The van der Waals surface area contributed by atoms with E-state index in [9.17, 15) is 4.79 Å². The predicted molar refractivity (Wildman–Crippen MR) is 64.0 cm³/mol. The summed E-state index contributed by atoms with van der Waals surface area (Å²) in [7, 11) is 0. The Morgan fingerprint density at radius 3 is 2.40 bits per heavy atom. The lowest BCUT2D eigenvalue weighted by atomic mass is 10.1. The van der Waals surface area contributed by atoms with Crippen molar-refractivity contribution < 1.29 is 4.79 Å². The van der Waals surface area contributed by atoms with E-state index in [1.54, 1.807) is 6.92 Å². The molecule has 1 N–H and O–H groups in total. The van der Waals surface area contributed by atoms with Gasteiger partial charge in [-0.1, -0.05) is 35.9 Å². The fourth-order valence-corrected chi connectivity index (χ4v) is 1.13. The van der Waals surface area contributed by atoms with Crippen molar-refractivity contribution in [3.05, 3.63) is 41.4 Å². The molecule has 0 aliphatic rings. The lowest BCUT2D eigenvalue weighted by molar-refractivity contribution is -0.118. The minimum Gasteiger partial charge on any atom is -0.326 e. The van der Waals surface area contributed by atoms with Crippen molar-refractivity contribution in [2.24, 2.45) is 5.92 Å². The molecular formula is C12H14ClNO. The zero-order valence-electron chi connectivity index (χ0n) is 8.88. The zero-order valence-corrected chi connectivity index (χ0v) is 9.64. The van der Waals surface area contributed by atoms with Crippen molar-refractivity contribution in [2.45, 2.75) is 13.8 Å². The molecule has 80 valence electrons. The summed E-state index contributed by atoms with van der Waals surface area (Å²) in [6, 6.07) is 7.60. The van der Waals surface area contributed by atoms with Crippen LogP contribution in [0.4, 0.5) is 5.69 Å². The molecule has 1 aromatic rings. The molecule has 0 aromatic heterocycles. The Morgan fingerprint density at radius 2 is 1.93 bits per heavy atom. The second-order valence-corrected chi connectivity index (χ2v) is 4.01. The second-order valence-electron chi connectivity index (χ2n) is 3.52. The summed E-state index contributed by atoms with van der Waals surface area (Å²) < 4.78 is 0. The predicted octanol–water partition coefficient (Wildman–Crippen LogP) is 3.32. The van der Waals surface area contributed by atoms with Gasteiger partial charge in [-0.05, 0) is 26.0 Å². The molecule has 0 radical (unpaired) electrons. The third kappa shape index (κ3) is 3.40. The quantitative estimate of drug-likeness (QED) is 0.837. The van der Waals surface area contributed by atoms with E-state index >= 15 is 0 Å². The summed E-state index contributed by atoms with van der Waals surface area (Å²) >= 11 is 5.66. The van der Waals surface area contributed by atoms with Crippen LogP contribution < -0.4 is 5.32 Å². The largest absolute Gasteiger partial charge is 0.326 e. The molecule has 0 spiro atoms. The maximum absolute atomic E-state index is 11.6. The lowest BCUT2D eigenvalue weighted by Gasteiger charge is -2.10. The number of halogens is 1. The van der Waals surface area contributed by atoms with E-state index < -0.39 is 0 Å². The van der Waals surface area contributed by atoms with Crippen LogP contribution in [0.5, 0.6) is 0 Å². The maximum Gasteiger partial charge on any atom is 0.232 e. The molecule has 0 saturated heterocycles. The smallest absolute Gasteiger partial charge is 0.232 e. The van der Waals surface area contributed by atoms with Gasteiger partial charge >= 0.3 is 0 Å². The fourth-order valence-electron chi connectivity index (χ4n) is 1.03. The highest BCUT2D eigenvalue weighted by Gasteiger charge is 2.14.